The molecule has 15 heavy (non-hydrogen) atoms. The average Bonchev–Trinajstić information content (AvgIpc) is 2.07. The zero-order valence-electron chi connectivity index (χ0n) is 9.96. The van der Waals surface area contributed by atoms with Gasteiger partial charge in [-0.2, -0.15) is 0 Å². The fourth-order valence-corrected chi connectivity index (χ4v) is 1.88. The van der Waals surface area contributed by atoms with Crippen LogP contribution in [0.3, 0.4) is 0 Å². The van der Waals surface area contributed by atoms with Crippen LogP contribution in [0.25, 0.3) is 0 Å². The van der Waals surface area contributed by atoms with Crippen LogP contribution in [0.1, 0.15) is 34.1 Å². The molecule has 1 rings (SSSR count). The molecule has 0 aliphatic carbocycles. The average molecular weight is 221 g/mol. The molecule has 0 aromatic heterocycles. The van der Waals surface area contributed by atoms with E-state index in [9.17, 15) is 8.78 Å². The molecule has 0 aromatic carbocycles. The standard InChI is InChI=1S/C11H21F2NO/c1-8(2)14-6-5-10(15-9(3)4)11(12,13)7-14/h8-10H,5-7H2,1-4H3. The first-order valence-electron chi connectivity index (χ1n) is 5.60. The molecule has 4 heteroatoms. The molecule has 1 aliphatic rings. The molecule has 0 saturated carbocycles. The molecule has 0 aromatic rings. The van der Waals surface area contributed by atoms with Crippen molar-refractivity contribution in [2.75, 3.05) is 13.1 Å². The summed E-state index contributed by atoms with van der Waals surface area (Å²) >= 11 is 0. The molecule has 0 spiro atoms. The van der Waals surface area contributed by atoms with Gasteiger partial charge in [0.15, 0.2) is 0 Å². The molecule has 1 atom stereocenters. The summed E-state index contributed by atoms with van der Waals surface area (Å²) in [7, 11) is 0. The maximum atomic E-state index is 13.7. The summed E-state index contributed by atoms with van der Waals surface area (Å²) < 4.78 is 32.6. The summed E-state index contributed by atoms with van der Waals surface area (Å²) in [5.41, 5.74) is 0. The van der Waals surface area contributed by atoms with Gasteiger partial charge in [0, 0.05) is 12.6 Å². The molecule has 0 radical (unpaired) electrons. The number of hydrogen-bond acceptors (Lipinski definition) is 2. The topological polar surface area (TPSA) is 12.5 Å². The summed E-state index contributed by atoms with van der Waals surface area (Å²) in [5.74, 6) is -2.72. The van der Waals surface area contributed by atoms with Crippen LogP contribution < -0.4 is 0 Å². The molecule has 1 aliphatic heterocycles. The Morgan fingerprint density at radius 1 is 1.27 bits per heavy atom. The molecule has 0 amide bonds. The highest BCUT2D eigenvalue weighted by Gasteiger charge is 2.46. The van der Waals surface area contributed by atoms with E-state index in [1.165, 1.54) is 0 Å². The van der Waals surface area contributed by atoms with E-state index in [0.29, 0.717) is 13.0 Å². The van der Waals surface area contributed by atoms with Crippen molar-refractivity contribution in [2.24, 2.45) is 0 Å². The second-order valence-electron chi connectivity index (χ2n) is 4.79. The van der Waals surface area contributed by atoms with E-state index in [0.717, 1.165) is 0 Å². The lowest BCUT2D eigenvalue weighted by atomic mass is 10.0. The number of hydrogen-bond donors (Lipinski definition) is 0. The van der Waals surface area contributed by atoms with E-state index >= 15 is 0 Å². The molecular formula is C11H21F2NO. The van der Waals surface area contributed by atoms with Crippen molar-refractivity contribution in [3.63, 3.8) is 0 Å². The van der Waals surface area contributed by atoms with E-state index in [1.54, 1.807) is 18.7 Å². The van der Waals surface area contributed by atoms with Gasteiger partial charge in [-0.25, -0.2) is 8.78 Å². The van der Waals surface area contributed by atoms with E-state index in [1.807, 2.05) is 13.8 Å². The van der Waals surface area contributed by atoms with Gasteiger partial charge in [-0.15, -0.1) is 0 Å². The first kappa shape index (κ1) is 12.8. The minimum Gasteiger partial charge on any atom is -0.369 e. The van der Waals surface area contributed by atoms with E-state index in [-0.39, 0.29) is 18.7 Å². The molecule has 0 bridgehead atoms. The van der Waals surface area contributed by atoms with Crippen LogP contribution in [0.15, 0.2) is 0 Å². The molecule has 2 nitrogen and oxygen atoms in total. The van der Waals surface area contributed by atoms with E-state index in [2.05, 4.69) is 0 Å². The Hall–Kier alpha value is -0.220. The quantitative estimate of drug-likeness (QED) is 0.726. The molecule has 1 saturated heterocycles. The normalized spacial score (nSPS) is 27.6. The highest BCUT2D eigenvalue weighted by Crippen LogP contribution is 2.31. The van der Waals surface area contributed by atoms with Gasteiger partial charge in [0.05, 0.1) is 12.6 Å². The predicted octanol–water partition coefficient (Wildman–Crippen LogP) is 2.53. The highest BCUT2D eigenvalue weighted by atomic mass is 19.3. The smallest absolute Gasteiger partial charge is 0.286 e. The Kier molecular flexibility index (Phi) is 4.06. The summed E-state index contributed by atoms with van der Waals surface area (Å²) in [6.07, 6.45) is -0.623. The van der Waals surface area contributed by atoms with Gasteiger partial charge < -0.3 is 4.74 Å². The number of alkyl halides is 2. The first-order valence-corrected chi connectivity index (χ1v) is 5.60. The van der Waals surface area contributed by atoms with Crippen LogP contribution >= 0.6 is 0 Å². The predicted molar refractivity (Wildman–Crippen MR) is 56.3 cm³/mol. The summed E-state index contributed by atoms with van der Waals surface area (Å²) in [6.45, 7) is 8.00. The third kappa shape index (κ3) is 3.38. The summed E-state index contributed by atoms with van der Waals surface area (Å²) in [6, 6.07) is 0.177. The van der Waals surface area contributed by atoms with Gasteiger partial charge in [0.25, 0.3) is 5.92 Å². The van der Waals surface area contributed by atoms with Crippen LogP contribution in [0.4, 0.5) is 8.78 Å². The molecule has 90 valence electrons. The van der Waals surface area contributed by atoms with E-state index < -0.39 is 12.0 Å². The third-order valence-electron chi connectivity index (χ3n) is 2.73. The van der Waals surface area contributed by atoms with Gasteiger partial charge in [-0.1, -0.05) is 0 Å². The molecule has 1 fully saturated rings. The number of piperidine rings is 1. The van der Waals surface area contributed by atoms with E-state index in [4.69, 9.17) is 4.74 Å². The van der Waals surface area contributed by atoms with Crippen LogP contribution in [0, 0.1) is 0 Å². The van der Waals surface area contributed by atoms with Crippen LogP contribution in [0.5, 0.6) is 0 Å². The Balaban J connectivity index is 2.58. The van der Waals surface area contributed by atoms with Gasteiger partial charge in [0.1, 0.15) is 6.10 Å². The first-order chi connectivity index (χ1) is 6.83. The van der Waals surface area contributed by atoms with Crippen molar-refractivity contribution >= 4 is 0 Å². The van der Waals surface area contributed by atoms with Crippen molar-refractivity contribution in [2.45, 2.75) is 58.3 Å². The van der Waals surface area contributed by atoms with Crippen LogP contribution in [-0.4, -0.2) is 42.2 Å². The SMILES string of the molecule is CC(C)OC1CCN(C(C)C)CC1(F)F. The van der Waals surface area contributed by atoms with Gasteiger partial charge in [0.2, 0.25) is 0 Å². The lowest BCUT2D eigenvalue weighted by Crippen LogP contribution is -2.54. The van der Waals surface area contributed by atoms with Crippen LogP contribution in [0.2, 0.25) is 0 Å². The maximum Gasteiger partial charge on any atom is 0.286 e. The van der Waals surface area contributed by atoms with Gasteiger partial charge in [-0.05, 0) is 34.1 Å². The Morgan fingerprint density at radius 3 is 2.27 bits per heavy atom. The number of halogens is 2. The largest absolute Gasteiger partial charge is 0.369 e. The minimum atomic E-state index is -2.72. The Bertz CT molecular complexity index is 207. The van der Waals surface area contributed by atoms with Crippen molar-refractivity contribution < 1.29 is 13.5 Å². The number of ether oxygens (including phenoxy) is 1. The lowest BCUT2D eigenvalue weighted by Gasteiger charge is -2.40. The number of rotatable bonds is 3. The summed E-state index contributed by atoms with van der Waals surface area (Å²) in [5, 5.41) is 0. The second-order valence-corrected chi connectivity index (χ2v) is 4.79. The van der Waals surface area contributed by atoms with Crippen molar-refractivity contribution in [3.8, 4) is 0 Å². The monoisotopic (exact) mass is 221 g/mol. The Morgan fingerprint density at radius 2 is 1.87 bits per heavy atom. The zero-order chi connectivity index (χ0) is 11.6. The van der Waals surface area contributed by atoms with Gasteiger partial charge in [-0.3, -0.25) is 4.90 Å². The molecule has 0 N–H and O–H groups in total. The molecular weight excluding hydrogens is 200 g/mol. The highest BCUT2D eigenvalue weighted by molar-refractivity contribution is 4.89. The number of nitrogens with zero attached hydrogens (tertiary/aromatic N) is 1. The Labute approximate surface area is 90.6 Å². The fourth-order valence-electron chi connectivity index (χ4n) is 1.88. The number of likely N-dealkylation sites (tertiary alicyclic amines) is 1. The second kappa shape index (κ2) is 4.74. The van der Waals surface area contributed by atoms with Crippen molar-refractivity contribution in [3.05, 3.63) is 0 Å². The zero-order valence-corrected chi connectivity index (χ0v) is 9.96. The molecule has 1 unspecified atom stereocenters. The van der Waals surface area contributed by atoms with Crippen molar-refractivity contribution in [1.29, 1.82) is 0 Å². The van der Waals surface area contributed by atoms with Crippen molar-refractivity contribution in [1.82, 2.24) is 4.90 Å². The fraction of sp³-hybridized carbons (Fsp3) is 1.00. The summed E-state index contributed by atoms with van der Waals surface area (Å²) in [4.78, 5) is 1.81. The van der Waals surface area contributed by atoms with Crippen LogP contribution in [-0.2, 0) is 4.74 Å². The maximum absolute atomic E-state index is 13.7. The lowest BCUT2D eigenvalue weighted by molar-refractivity contribution is -0.188. The molecule has 1 heterocycles. The third-order valence-corrected chi connectivity index (χ3v) is 2.73. The van der Waals surface area contributed by atoms with Gasteiger partial charge >= 0.3 is 0 Å². The minimum absolute atomic E-state index is 0.133.